The molecule has 0 radical (unpaired) electrons. The molecule has 162 valence electrons. The van der Waals surface area contributed by atoms with Gasteiger partial charge in [-0.3, -0.25) is 9.69 Å². The van der Waals surface area contributed by atoms with Gasteiger partial charge in [-0.1, -0.05) is 25.1 Å². The van der Waals surface area contributed by atoms with Crippen molar-refractivity contribution in [1.82, 2.24) is 20.4 Å². The molecule has 1 fully saturated rings. The molecule has 1 unspecified atom stereocenters. The lowest BCUT2D eigenvalue weighted by atomic mass is 10.2. The van der Waals surface area contributed by atoms with E-state index in [0.717, 1.165) is 25.9 Å². The molecule has 1 saturated heterocycles. The van der Waals surface area contributed by atoms with Gasteiger partial charge in [0.25, 0.3) is 0 Å². The summed E-state index contributed by atoms with van der Waals surface area (Å²) in [5, 5.41) is 6.32. The summed E-state index contributed by atoms with van der Waals surface area (Å²) in [5.74, 6) is 0.481. The largest absolute Gasteiger partial charge is 0.434 e. The number of alkyl halides is 2. The van der Waals surface area contributed by atoms with Crippen LogP contribution < -0.4 is 15.4 Å². The van der Waals surface area contributed by atoms with Gasteiger partial charge in [0.05, 0.1) is 13.1 Å². The van der Waals surface area contributed by atoms with E-state index in [-0.39, 0.29) is 24.7 Å². The summed E-state index contributed by atoms with van der Waals surface area (Å²) in [6.07, 6.45) is 2.27. The summed E-state index contributed by atoms with van der Waals surface area (Å²) in [4.78, 5) is 20.3. The third kappa shape index (κ3) is 7.49. The first-order valence-electron chi connectivity index (χ1n) is 9.89. The second kappa shape index (κ2) is 11.5. The van der Waals surface area contributed by atoms with E-state index in [2.05, 4.69) is 32.2 Å². The maximum Gasteiger partial charge on any atom is 0.387 e. The normalized spacial score (nSPS) is 17.4. The molecule has 1 aromatic rings. The minimum absolute atomic E-state index is 0.0861. The number of hydrogen-bond acceptors (Lipinski definition) is 4. The standard InChI is InChI=1S/C20H31F2N5O2/c1-4-27-11-7-9-16(27)13-24-20(25-14-18(28)26(2)3)23-12-15-8-5-6-10-17(15)29-19(21)22/h5-6,8,10,16,19H,4,7,9,11-14H2,1-3H3,(H2,23,24,25). The Morgan fingerprint density at radius 2 is 2.10 bits per heavy atom. The van der Waals surface area contributed by atoms with E-state index in [1.807, 2.05) is 0 Å². The molecule has 0 aliphatic carbocycles. The van der Waals surface area contributed by atoms with Gasteiger partial charge in [0.1, 0.15) is 5.75 Å². The third-order valence-electron chi connectivity index (χ3n) is 4.91. The number of hydrogen-bond donors (Lipinski definition) is 2. The Bertz CT molecular complexity index is 685. The Morgan fingerprint density at radius 3 is 2.79 bits per heavy atom. The molecule has 0 spiro atoms. The highest BCUT2D eigenvalue weighted by Gasteiger charge is 2.23. The van der Waals surface area contributed by atoms with Crippen molar-refractivity contribution in [3.8, 4) is 5.75 Å². The zero-order valence-corrected chi connectivity index (χ0v) is 17.3. The molecule has 1 aliphatic heterocycles. The quantitative estimate of drug-likeness (QED) is 0.480. The summed E-state index contributed by atoms with van der Waals surface area (Å²) in [6.45, 7) is 2.26. The number of nitrogens with zero attached hydrogens (tertiary/aromatic N) is 3. The Balaban J connectivity index is 2.06. The van der Waals surface area contributed by atoms with Crippen molar-refractivity contribution in [3.63, 3.8) is 0 Å². The van der Waals surface area contributed by atoms with Gasteiger partial charge >= 0.3 is 6.61 Å². The van der Waals surface area contributed by atoms with Crippen LogP contribution in [-0.4, -0.2) is 74.6 Å². The number of aliphatic imine (C=N–C) groups is 1. The lowest BCUT2D eigenvalue weighted by molar-refractivity contribution is -0.127. The first-order chi connectivity index (χ1) is 13.9. The number of para-hydroxylation sites is 1. The Labute approximate surface area is 171 Å². The maximum absolute atomic E-state index is 12.6. The molecule has 29 heavy (non-hydrogen) atoms. The molecular weight excluding hydrogens is 380 g/mol. The van der Waals surface area contributed by atoms with Crippen LogP contribution in [0.5, 0.6) is 5.75 Å². The fraction of sp³-hybridized carbons (Fsp3) is 0.600. The third-order valence-corrected chi connectivity index (χ3v) is 4.91. The van der Waals surface area contributed by atoms with Crippen LogP contribution in [0.4, 0.5) is 8.78 Å². The van der Waals surface area contributed by atoms with E-state index < -0.39 is 6.61 Å². The van der Waals surface area contributed by atoms with Crippen molar-refractivity contribution >= 4 is 11.9 Å². The van der Waals surface area contributed by atoms with Crippen molar-refractivity contribution in [1.29, 1.82) is 0 Å². The van der Waals surface area contributed by atoms with Gasteiger partial charge in [0, 0.05) is 32.2 Å². The number of ether oxygens (including phenoxy) is 1. The molecule has 2 N–H and O–H groups in total. The molecule has 1 aliphatic rings. The second-order valence-electron chi connectivity index (χ2n) is 7.10. The van der Waals surface area contributed by atoms with Crippen molar-refractivity contribution in [2.45, 2.75) is 39.0 Å². The van der Waals surface area contributed by atoms with Crippen LogP contribution in [0, 0.1) is 0 Å². The Hall–Kier alpha value is -2.42. The van der Waals surface area contributed by atoms with Gasteiger partial charge in [-0.25, -0.2) is 4.99 Å². The number of guanidine groups is 1. The topological polar surface area (TPSA) is 69.2 Å². The SMILES string of the molecule is CCN1CCCC1CNC(=NCc1ccccc1OC(F)F)NCC(=O)N(C)C. The summed E-state index contributed by atoms with van der Waals surface area (Å²) in [5.41, 5.74) is 0.545. The van der Waals surface area contributed by atoms with Crippen LogP contribution in [0.1, 0.15) is 25.3 Å². The number of carbonyl (C=O) groups excluding carboxylic acids is 1. The summed E-state index contributed by atoms with van der Waals surface area (Å²) >= 11 is 0. The molecule has 1 aromatic carbocycles. The van der Waals surface area contributed by atoms with Crippen molar-refractivity contribution < 1.29 is 18.3 Å². The number of amides is 1. The van der Waals surface area contributed by atoms with E-state index in [9.17, 15) is 13.6 Å². The Morgan fingerprint density at radius 1 is 1.34 bits per heavy atom. The number of nitrogens with one attached hydrogen (secondary N) is 2. The van der Waals surface area contributed by atoms with E-state index in [1.165, 1.54) is 11.0 Å². The van der Waals surface area contributed by atoms with Gasteiger partial charge in [-0.15, -0.1) is 0 Å². The zero-order valence-electron chi connectivity index (χ0n) is 17.3. The average molecular weight is 411 g/mol. The van der Waals surface area contributed by atoms with E-state index in [4.69, 9.17) is 0 Å². The lowest BCUT2D eigenvalue weighted by Gasteiger charge is -2.24. The molecule has 9 heteroatoms. The number of benzene rings is 1. The summed E-state index contributed by atoms with van der Waals surface area (Å²) in [6, 6.07) is 6.98. The summed E-state index contributed by atoms with van der Waals surface area (Å²) in [7, 11) is 3.37. The van der Waals surface area contributed by atoms with Crippen LogP contribution in [-0.2, 0) is 11.3 Å². The van der Waals surface area contributed by atoms with Crippen molar-refractivity contribution in [2.24, 2.45) is 4.99 Å². The lowest BCUT2D eigenvalue weighted by Crippen LogP contribution is -2.47. The molecule has 1 heterocycles. The van der Waals surface area contributed by atoms with Gasteiger partial charge in [-0.05, 0) is 32.0 Å². The van der Waals surface area contributed by atoms with Gasteiger partial charge in [-0.2, -0.15) is 8.78 Å². The molecule has 0 aromatic heterocycles. The highest BCUT2D eigenvalue weighted by Crippen LogP contribution is 2.21. The maximum atomic E-state index is 12.6. The smallest absolute Gasteiger partial charge is 0.387 e. The fourth-order valence-corrected chi connectivity index (χ4v) is 3.26. The van der Waals surface area contributed by atoms with Crippen molar-refractivity contribution in [3.05, 3.63) is 29.8 Å². The van der Waals surface area contributed by atoms with Gasteiger partial charge in [0.2, 0.25) is 5.91 Å². The zero-order chi connectivity index (χ0) is 21.2. The van der Waals surface area contributed by atoms with Gasteiger partial charge in [0.15, 0.2) is 5.96 Å². The van der Waals surface area contributed by atoms with Crippen LogP contribution in [0.3, 0.4) is 0 Å². The molecular formula is C20H31F2N5O2. The number of carbonyl (C=O) groups is 1. The van der Waals surface area contributed by atoms with E-state index in [1.54, 1.807) is 32.3 Å². The van der Waals surface area contributed by atoms with E-state index >= 15 is 0 Å². The summed E-state index contributed by atoms with van der Waals surface area (Å²) < 4.78 is 29.8. The predicted molar refractivity (Wildman–Crippen MR) is 109 cm³/mol. The Kier molecular flexibility index (Phi) is 9.11. The number of likely N-dealkylation sites (tertiary alicyclic amines) is 1. The fourth-order valence-electron chi connectivity index (χ4n) is 3.26. The average Bonchev–Trinajstić information content (AvgIpc) is 3.15. The molecule has 0 saturated carbocycles. The number of likely N-dealkylation sites (N-methyl/N-ethyl adjacent to an activating group) is 2. The molecule has 7 nitrogen and oxygen atoms in total. The highest BCUT2D eigenvalue weighted by molar-refractivity contribution is 5.86. The van der Waals surface area contributed by atoms with E-state index in [0.29, 0.717) is 24.1 Å². The van der Waals surface area contributed by atoms with Crippen molar-refractivity contribution in [2.75, 3.05) is 40.3 Å². The van der Waals surface area contributed by atoms with Crippen LogP contribution in [0.2, 0.25) is 0 Å². The van der Waals surface area contributed by atoms with Crippen LogP contribution >= 0.6 is 0 Å². The number of halogens is 2. The highest BCUT2D eigenvalue weighted by atomic mass is 19.3. The number of rotatable bonds is 9. The molecule has 0 bridgehead atoms. The predicted octanol–water partition coefficient (Wildman–Crippen LogP) is 1.90. The second-order valence-corrected chi connectivity index (χ2v) is 7.10. The minimum Gasteiger partial charge on any atom is -0.434 e. The molecule has 2 rings (SSSR count). The minimum atomic E-state index is -2.89. The monoisotopic (exact) mass is 411 g/mol. The molecule has 1 atom stereocenters. The molecule has 1 amide bonds. The first-order valence-corrected chi connectivity index (χ1v) is 9.89. The van der Waals surface area contributed by atoms with Gasteiger partial charge < -0.3 is 20.3 Å². The van der Waals surface area contributed by atoms with Crippen LogP contribution in [0.25, 0.3) is 0 Å². The first kappa shape index (κ1) is 22.9. The van der Waals surface area contributed by atoms with Crippen LogP contribution in [0.15, 0.2) is 29.3 Å².